The summed E-state index contributed by atoms with van der Waals surface area (Å²) in [6.07, 6.45) is 3.66. The highest BCUT2D eigenvalue weighted by atomic mass is 32.2. The average Bonchev–Trinajstić information content (AvgIpc) is 3.04. The van der Waals surface area contributed by atoms with E-state index in [0.29, 0.717) is 0 Å². The molecule has 0 aliphatic carbocycles. The third-order valence-corrected chi connectivity index (χ3v) is 5.24. The molecule has 3 aromatic rings. The van der Waals surface area contributed by atoms with Crippen LogP contribution >= 0.6 is 23.1 Å². The van der Waals surface area contributed by atoms with Crippen LogP contribution in [0.4, 0.5) is 5.13 Å². The van der Waals surface area contributed by atoms with E-state index in [1.807, 2.05) is 54.8 Å². The number of thiazole rings is 1. The van der Waals surface area contributed by atoms with Crippen LogP contribution in [0.15, 0.2) is 58.5 Å². The summed E-state index contributed by atoms with van der Waals surface area (Å²) >= 11 is 3.21. The molecular weight excluding hydrogens is 352 g/mol. The number of para-hydroxylation sites is 1. The second kappa shape index (κ2) is 8.13. The van der Waals surface area contributed by atoms with E-state index in [1.165, 1.54) is 16.2 Å². The first-order valence-corrected chi connectivity index (χ1v) is 9.79. The lowest BCUT2D eigenvalue weighted by Crippen LogP contribution is -2.34. The van der Waals surface area contributed by atoms with E-state index in [1.54, 1.807) is 24.9 Å². The molecule has 0 aliphatic rings. The Morgan fingerprint density at radius 3 is 2.72 bits per heavy atom. The summed E-state index contributed by atoms with van der Waals surface area (Å²) in [5.74, 6) is -0.212. The highest BCUT2D eigenvalue weighted by molar-refractivity contribution is 7.98. The number of nitrogens with zero attached hydrogens (tertiary/aromatic N) is 2. The quantitative estimate of drug-likeness (QED) is 0.391. The second-order valence-corrected chi connectivity index (χ2v) is 7.27. The van der Waals surface area contributed by atoms with E-state index in [4.69, 9.17) is 0 Å². The molecule has 1 amide bonds. The van der Waals surface area contributed by atoms with Gasteiger partial charge in [0.25, 0.3) is 5.91 Å². The predicted molar refractivity (Wildman–Crippen MR) is 107 cm³/mol. The highest BCUT2D eigenvalue weighted by Crippen LogP contribution is 2.25. The van der Waals surface area contributed by atoms with Gasteiger partial charge in [0.2, 0.25) is 0 Å². The van der Waals surface area contributed by atoms with E-state index < -0.39 is 6.04 Å². The number of nitrogens with one attached hydrogen (secondary N) is 2. The van der Waals surface area contributed by atoms with Crippen LogP contribution in [0.2, 0.25) is 0 Å². The van der Waals surface area contributed by atoms with Crippen molar-refractivity contribution in [1.82, 2.24) is 10.4 Å². The minimum absolute atomic E-state index is 0.212. The van der Waals surface area contributed by atoms with Crippen molar-refractivity contribution < 1.29 is 4.79 Å². The molecule has 0 bridgehead atoms. The Morgan fingerprint density at radius 2 is 2.00 bits per heavy atom. The van der Waals surface area contributed by atoms with Gasteiger partial charge in [-0.25, -0.2) is 10.4 Å². The minimum atomic E-state index is -0.434. The number of hydrazone groups is 1. The van der Waals surface area contributed by atoms with Gasteiger partial charge in [-0.15, -0.1) is 11.8 Å². The molecule has 0 fully saturated rings. The molecule has 1 atom stereocenters. The number of carbonyl (C=O) groups excluding carboxylic acids is 1. The van der Waals surface area contributed by atoms with Crippen molar-refractivity contribution in [3.8, 4) is 0 Å². The first-order chi connectivity index (χ1) is 12.2. The Morgan fingerprint density at radius 1 is 1.24 bits per heavy atom. The molecule has 0 aliphatic heterocycles. The molecule has 1 aromatic heterocycles. The van der Waals surface area contributed by atoms with Crippen LogP contribution < -0.4 is 10.7 Å². The van der Waals surface area contributed by atoms with Crippen molar-refractivity contribution in [2.45, 2.75) is 17.9 Å². The zero-order valence-electron chi connectivity index (χ0n) is 13.9. The summed E-state index contributed by atoms with van der Waals surface area (Å²) in [5, 5.41) is 7.85. The lowest BCUT2D eigenvalue weighted by atomic mass is 10.2. The Labute approximate surface area is 154 Å². The summed E-state index contributed by atoms with van der Waals surface area (Å²) in [6.45, 7) is 1.78. The Balaban J connectivity index is 1.55. The fourth-order valence-corrected chi connectivity index (χ4v) is 3.50. The molecule has 25 heavy (non-hydrogen) atoms. The number of fused-ring (bicyclic) bond motifs is 1. The molecule has 3 rings (SSSR count). The van der Waals surface area contributed by atoms with Gasteiger partial charge in [-0.05, 0) is 43.0 Å². The van der Waals surface area contributed by atoms with Crippen LogP contribution in [-0.4, -0.2) is 29.4 Å². The van der Waals surface area contributed by atoms with Gasteiger partial charge in [0.15, 0.2) is 5.13 Å². The number of thioether (sulfide) groups is 1. The molecule has 0 radical (unpaired) electrons. The maximum Gasteiger partial charge on any atom is 0.262 e. The van der Waals surface area contributed by atoms with Gasteiger partial charge in [0.1, 0.15) is 6.04 Å². The number of hydrogen-bond donors (Lipinski definition) is 2. The van der Waals surface area contributed by atoms with Crippen LogP contribution in [-0.2, 0) is 4.79 Å². The molecule has 5 nitrogen and oxygen atoms in total. The second-order valence-electron chi connectivity index (χ2n) is 5.36. The fraction of sp³-hybridized carbons (Fsp3) is 0.167. The average molecular weight is 371 g/mol. The Kier molecular flexibility index (Phi) is 5.67. The third kappa shape index (κ3) is 4.58. The zero-order valence-corrected chi connectivity index (χ0v) is 15.5. The number of amides is 1. The molecule has 1 heterocycles. The Bertz CT molecular complexity index is 856. The van der Waals surface area contributed by atoms with E-state index in [-0.39, 0.29) is 5.91 Å². The number of carbonyl (C=O) groups is 1. The van der Waals surface area contributed by atoms with Gasteiger partial charge in [0, 0.05) is 4.90 Å². The van der Waals surface area contributed by atoms with Crippen LogP contribution in [0.5, 0.6) is 0 Å². The van der Waals surface area contributed by atoms with Crippen molar-refractivity contribution in [3.63, 3.8) is 0 Å². The molecule has 2 N–H and O–H groups in total. The van der Waals surface area contributed by atoms with Gasteiger partial charge in [0.05, 0.1) is 16.4 Å². The summed E-state index contributed by atoms with van der Waals surface area (Å²) in [7, 11) is 0. The molecular formula is C18H18N4OS2. The first kappa shape index (κ1) is 17.4. The summed E-state index contributed by atoms with van der Waals surface area (Å²) in [6, 6.07) is 15.4. The number of hydrogen-bond acceptors (Lipinski definition) is 6. The smallest absolute Gasteiger partial charge is 0.262 e. The maximum atomic E-state index is 12.1. The van der Waals surface area contributed by atoms with Crippen molar-refractivity contribution in [1.29, 1.82) is 0 Å². The van der Waals surface area contributed by atoms with E-state index in [2.05, 4.69) is 20.8 Å². The minimum Gasteiger partial charge on any atom is -0.350 e. The molecule has 7 heteroatoms. The predicted octanol–water partition coefficient (Wildman–Crippen LogP) is 3.97. The van der Waals surface area contributed by atoms with Crippen LogP contribution in [0.3, 0.4) is 0 Å². The van der Waals surface area contributed by atoms with E-state index in [9.17, 15) is 4.79 Å². The topological polar surface area (TPSA) is 66.4 Å². The molecule has 0 saturated carbocycles. The van der Waals surface area contributed by atoms with Crippen molar-refractivity contribution in [2.24, 2.45) is 5.10 Å². The lowest BCUT2D eigenvalue weighted by Gasteiger charge is -2.10. The molecule has 0 spiro atoms. The van der Waals surface area contributed by atoms with Crippen molar-refractivity contribution in [2.75, 3.05) is 11.6 Å². The van der Waals surface area contributed by atoms with Crippen LogP contribution in [0.1, 0.15) is 12.5 Å². The lowest BCUT2D eigenvalue weighted by molar-refractivity contribution is -0.121. The van der Waals surface area contributed by atoms with Gasteiger partial charge in [-0.3, -0.25) is 4.79 Å². The van der Waals surface area contributed by atoms with Crippen molar-refractivity contribution in [3.05, 3.63) is 54.1 Å². The van der Waals surface area contributed by atoms with E-state index >= 15 is 0 Å². The SMILES string of the molecule is CSc1ccc(/C=N\NC(=O)[C@H](C)Nc2nc3ccccc3s2)cc1. The largest absolute Gasteiger partial charge is 0.350 e. The highest BCUT2D eigenvalue weighted by Gasteiger charge is 2.14. The summed E-state index contributed by atoms with van der Waals surface area (Å²) < 4.78 is 1.09. The van der Waals surface area contributed by atoms with Crippen LogP contribution in [0, 0.1) is 0 Å². The Hall–Kier alpha value is -2.38. The van der Waals surface area contributed by atoms with Gasteiger partial charge >= 0.3 is 0 Å². The normalized spacial score (nSPS) is 12.4. The zero-order chi connectivity index (χ0) is 17.6. The van der Waals surface area contributed by atoms with E-state index in [0.717, 1.165) is 20.9 Å². The number of anilines is 1. The molecule has 0 unspecified atom stereocenters. The first-order valence-electron chi connectivity index (χ1n) is 7.75. The number of benzene rings is 2. The van der Waals surface area contributed by atoms with Crippen LogP contribution in [0.25, 0.3) is 10.2 Å². The monoisotopic (exact) mass is 370 g/mol. The standard InChI is InChI=1S/C18H18N4OS2/c1-12(20-18-21-15-5-3-4-6-16(15)25-18)17(23)22-19-11-13-7-9-14(24-2)10-8-13/h3-12H,1-2H3,(H,20,21)(H,22,23)/b19-11-/t12-/m0/s1. The molecule has 128 valence electrons. The fourth-order valence-electron chi connectivity index (χ4n) is 2.14. The summed E-state index contributed by atoms with van der Waals surface area (Å²) in [4.78, 5) is 17.8. The molecule has 2 aromatic carbocycles. The number of aromatic nitrogens is 1. The summed E-state index contributed by atoms with van der Waals surface area (Å²) in [5.41, 5.74) is 4.41. The third-order valence-electron chi connectivity index (χ3n) is 3.53. The number of rotatable bonds is 6. The van der Waals surface area contributed by atoms with Gasteiger partial charge < -0.3 is 5.32 Å². The molecule has 0 saturated heterocycles. The van der Waals surface area contributed by atoms with Gasteiger partial charge in [-0.1, -0.05) is 35.6 Å². The maximum absolute atomic E-state index is 12.1. The van der Waals surface area contributed by atoms with Gasteiger partial charge in [-0.2, -0.15) is 5.10 Å². The van der Waals surface area contributed by atoms with Crippen molar-refractivity contribution >= 4 is 50.6 Å².